The van der Waals surface area contributed by atoms with Crippen LogP contribution in [-0.4, -0.2) is 26.2 Å². The smallest absolute Gasteiger partial charge is 0.209 e. The second kappa shape index (κ2) is 5.55. The van der Waals surface area contributed by atoms with E-state index in [0.717, 1.165) is 30.8 Å². The number of carbonyl (C=O) groups excluding carboxylic acids is 1. The number of Topliss-reactive ketones (excluding diaryl/α,β-unsaturated/α-hetero) is 1. The average molecular weight is 309 g/mol. The summed E-state index contributed by atoms with van der Waals surface area (Å²) in [5, 5.41) is 6.96. The summed E-state index contributed by atoms with van der Waals surface area (Å²) in [6.45, 7) is 1.70. The summed E-state index contributed by atoms with van der Waals surface area (Å²) in [6, 6.07) is 3.16. The molecule has 4 nitrogen and oxygen atoms in total. The van der Waals surface area contributed by atoms with Crippen LogP contribution in [0, 0.1) is 11.6 Å². The molecule has 21 heavy (non-hydrogen) atoms. The Labute approximate surface area is 124 Å². The molecule has 1 aliphatic rings. The molecule has 1 unspecified atom stereocenters. The lowest BCUT2D eigenvalue weighted by Gasteiger charge is -2.08. The van der Waals surface area contributed by atoms with Crippen molar-refractivity contribution in [3.63, 3.8) is 0 Å². The van der Waals surface area contributed by atoms with Crippen LogP contribution < -0.4 is 0 Å². The van der Waals surface area contributed by atoms with E-state index in [1.54, 1.807) is 6.92 Å². The molecule has 7 heteroatoms. The fraction of sp³-hybridized carbons (Fsp3) is 0.357. The molecule has 1 aliphatic carbocycles. The Kier molecular flexibility index (Phi) is 3.75. The monoisotopic (exact) mass is 309 g/mol. The minimum atomic E-state index is -1.02. The summed E-state index contributed by atoms with van der Waals surface area (Å²) in [5.41, 5.74) is 0.145. The third-order valence-electron chi connectivity index (χ3n) is 3.30. The number of ketones is 1. The molecule has 1 heterocycles. The SMILES string of the molecule is CC(Sc1n[nH]c(C2CC2)n1)C(=O)c1ccc(F)c(F)c1. The molecule has 0 bridgehead atoms. The lowest BCUT2D eigenvalue weighted by Crippen LogP contribution is -2.14. The number of rotatable bonds is 5. The van der Waals surface area contributed by atoms with Crippen LogP contribution in [0.1, 0.15) is 41.9 Å². The molecule has 0 amide bonds. The predicted molar refractivity (Wildman–Crippen MR) is 74.4 cm³/mol. The van der Waals surface area contributed by atoms with Gasteiger partial charge in [-0.05, 0) is 38.0 Å². The van der Waals surface area contributed by atoms with Crippen LogP contribution in [0.5, 0.6) is 0 Å². The Bertz CT molecular complexity index is 685. The van der Waals surface area contributed by atoms with Crippen LogP contribution in [0.4, 0.5) is 8.78 Å². The van der Waals surface area contributed by atoms with Crippen LogP contribution in [-0.2, 0) is 0 Å². The number of thioether (sulfide) groups is 1. The predicted octanol–water partition coefficient (Wildman–Crippen LogP) is 3.32. The molecule has 0 saturated heterocycles. The number of nitrogens with one attached hydrogen (secondary N) is 1. The first kappa shape index (κ1) is 14.2. The Morgan fingerprint density at radius 1 is 1.38 bits per heavy atom. The Balaban J connectivity index is 1.69. The highest BCUT2D eigenvalue weighted by Crippen LogP contribution is 2.38. The van der Waals surface area contributed by atoms with Gasteiger partial charge in [0.1, 0.15) is 5.82 Å². The third-order valence-corrected chi connectivity index (χ3v) is 4.26. The average Bonchev–Trinajstić information content (AvgIpc) is 3.22. The summed E-state index contributed by atoms with van der Waals surface area (Å²) in [5.74, 6) is -0.951. The van der Waals surface area contributed by atoms with Crippen molar-refractivity contribution in [2.45, 2.75) is 36.1 Å². The van der Waals surface area contributed by atoms with Gasteiger partial charge in [-0.2, -0.15) is 0 Å². The van der Waals surface area contributed by atoms with Gasteiger partial charge in [-0.3, -0.25) is 9.89 Å². The molecular weight excluding hydrogens is 296 g/mol. The standard InChI is InChI=1S/C14H13F2N3OS/c1-7(12(20)9-4-5-10(15)11(16)6-9)21-14-17-13(18-19-14)8-2-3-8/h4-8H,2-3H2,1H3,(H,17,18,19). The number of benzene rings is 1. The van der Waals surface area contributed by atoms with Gasteiger partial charge in [-0.15, -0.1) is 5.10 Å². The van der Waals surface area contributed by atoms with Crippen molar-refractivity contribution in [2.24, 2.45) is 0 Å². The molecule has 1 saturated carbocycles. The lowest BCUT2D eigenvalue weighted by molar-refractivity contribution is 0.0993. The summed E-state index contributed by atoms with van der Waals surface area (Å²) < 4.78 is 26.0. The van der Waals surface area contributed by atoms with Crippen molar-refractivity contribution in [3.8, 4) is 0 Å². The minimum Gasteiger partial charge on any atom is -0.293 e. The van der Waals surface area contributed by atoms with Crippen LogP contribution in [0.15, 0.2) is 23.4 Å². The Morgan fingerprint density at radius 3 is 2.81 bits per heavy atom. The van der Waals surface area contributed by atoms with E-state index in [0.29, 0.717) is 11.1 Å². The summed E-state index contributed by atoms with van der Waals surface area (Å²) in [4.78, 5) is 16.5. The van der Waals surface area contributed by atoms with E-state index in [1.165, 1.54) is 17.8 Å². The quantitative estimate of drug-likeness (QED) is 0.680. The number of nitrogens with zero attached hydrogens (tertiary/aromatic N) is 2. The van der Waals surface area contributed by atoms with E-state index >= 15 is 0 Å². The van der Waals surface area contributed by atoms with Gasteiger partial charge in [0.15, 0.2) is 17.4 Å². The number of halogens is 2. The van der Waals surface area contributed by atoms with Crippen molar-refractivity contribution in [1.82, 2.24) is 15.2 Å². The normalized spacial score (nSPS) is 16.0. The lowest BCUT2D eigenvalue weighted by atomic mass is 10.1. The fourth-order valence-electron chi connectivity index (χ4n) is 1.95. The summed E-state index contributed by atoms with van der Waals surface area (Å²) in [6.07, 6.45) is 2.23. The molecule has 1 aromatic carbocycles. The molecular formula is C14H13F2N3OS. The van der Waals surface area contributed by atoms with Crippen molar-refractivity contribution >= 4 is 17.5 Å². The Morgan fingerprint density at radius 2 is 2.14 bits per heavy atom. The molecule has 1 fully saturated rings. The largest absolute Gasteiger partial charge is 0.293 e. The maximum Gasteiger partial charge on any atom is 0.209 e. The van der Waals surface area contributed by atoms with Gasteiger partial charge in [0.2, 0.25) is 5.16 Å². The molecule has 0 aliphatic heterocycles. The molecule has 2 aromatic rings. The molecule has 0 spiro atoms. The first-order chi connectivity index (χ1) is 10.0. The van der Waals surface area contributed by atoms with E-state index in [4.69, 9.17) is 0 Å². The van der Waals surface area contributed by atoms with Crippen molar-refractivity contribution < 1.29 is 13.6 Å². The highest BCUT2D eigenvalue weighted by Gasteiger charge is 2.28. The number of aromatic amines is 1. The van der Waals surface area contributed by atoms with Gasteiger partial charge >= 0.3 is 0 Å². The topological polar surface area (TPSA) is 58.6 Å². The number of hydrogen-bond donors (Lipinski definition) is 1. The van der Waals surface area contributed by atoms with Crippen LogP contribution >= 0.6 is 11.8 Å². The summed E-state index contributed by atoms with van der Waals surface area (Å²) >= 11 is 1.20. The first-order valence-corrected chi connectivity index (χ1v) is 7.51. The van der Waals surface area contributed by atoms with E-state index in [2.05, 4.69) is 15.2 Å². The van der Waals surface area contributed by atoms with Crippen molar-refractivity contribution in [1.29, 1.82) is 0 Å². The second-order valence-electron chi connectivity index (χ2n) is 5.03. The van der Waals surface area contributed by atoms with Crippen LogP contribution in [0.2, 0.25) is 0 Å². The number of hydrogen-bond acceptors (Lipinski definition) is 4. The number of carbonyl (C=O) groups is 1. The molecule has 0 radical (unpaired) electrons. The zero-order valence-electron chi connectivity index (χ0n) is 11.3. The van der Waals surface area contributed by atoms with Gasteiger partial charge < -0.3 is 0 Å². The second-order valence-corrected chi connectivity index (χ2v) is 6.34. The molecule has 1 N–H and O–H groups in total. The van der Waals surface area contributed by atoms with Crippen molar-refractivity contribution in [2.75, 3.05) is 0 Å². The summed E-state index contributed by atoms with van der Waals surface area (Å²) in [7, 11) is 0. The van der Waals surface area contributed by atoms with Gasteiger partial charge in [0.05, 0.1) is 5.25 Å². The highest BCUT2D eigenvalue weighted by molar-refractivity contribution is 8.00. The Hall–Kier alpha value is -1.76. The first-order valence-electron chi connectivity index (χ1n) is 6.63. The van der Waals surface area contributed by atoms with Gasteiger partial charge in [-0.25, -0.2) is 13.8 Å². The zero-order valence-corrected chi connectivity index (χ0v) is 12.1. The maximum atomic E-state index is 13.2. The molecule has 1 atom stereocenters. The highest BCUT2D eigenvalue weighted by atomic mass is 32.2. The minimum absolute atomic E-state index is 0.145. The molecule has 3 rings (SSSR count). The number of aromatic nitrogens is 3. The van der Waals surface area contributed by atoms with Gasteiger partial charge in [0.25, 0.3) is 0 Å². The third kappa shape index (κ3) is 3.12. The van der Waals surface area contributed by atoms with E-state index in [-0.39, 0.29) is 11.3 Å². The van der Waals surface area contributed by atoms with Crippen molar-refractivity contribution in [3.05, 3.63) is 41.2 Å². The van der Waals surface area contributed by atoms with Crippen LogP contribution in [0.3, 0.4) is 0 Å². The van der Waals surface area contributed by atoms with E-state index in [1.807, 2.05) is 0 Å². The van der Waals surface area contributed by atoms with Crippen LogP contribution in [0.25, 0.3) is 0 Å². The van der Waals surface area contributed by atoms with Gasteiger partial charge in [0, 0.05) is 11.5 Å². The molecule has 110 valence electrons. The maximum absolute atomic E-state index is 13.2. The fourth-order valence-corrected chi connectivity index (χ4v) is 2.75. The van der Waals surface area contributed by atoms with E-state index < -0.39 is 16.9 Å². The van der Waals surface area contributed by atoms with Gasteiger partial charge in [-0.1, -0.05) is 11.8 Å². The number of H-pyrrole nitrogens is 1. The zero-order chi connectivity index (χ0) is 15.0. The van der Waals surface area contributed by atoms with E-state index in [9.17, 15) is 13.6 Å². The molecule has 1 aromatic heterocycles.